The maximum absolute atomic E-state index is 12.7. The lowest BCUT2D eigenvalue weighted by atomic mass is 10.1. The Morgan fingerprint density at radius 2 is 1.85 bits per heavy atom. The molecule has 0 aliphatic carbocycles. The minimum Gasteiger partial charge on any atom is -0.486 e. The van der Waals surface area contributed by atoms with Gasteiger partial charge in [0.2, 0.25) is 5.89 Å². The second-order valence-electron chi connectivity index (χ2n) is 7.49. The SMILES string of the molecule is O=C(CSc1nnc(-c2cc(-c3cccs3)nc3ccccc23)o1)c1ccc2c(c1)OCCO2. The largest absolute Gasteiger partial charge is 0.486 e. The molecule has 3 aromatic heterocycles. The van der Waals surface area contributed by atoms with E-state index in [2.05, 4.69) is 10.2 Å². The number of ketones is 1. The van der Waals surface area contributed by atoms with Crippen molar-refractivity contribution in [1.82, 2.24) is 15.2 Å². The van der Waals surface area contributed by atoms with Crippen LogP contribution in [0.5, 0.6) is 11.5 Å². The van der Waals surface area contributed by atoms with Gasteiger partial charge in [-0.3, -0.25) is 4.79 Å². The van der Waals surface area contributed by atoms with Crippen molar-refractivity contribution in [3.8, 4) is 33.5 Å². The van der Waals surface area contributed by atoms with E-state index in [0.29, 0.717) is 41.4 Å². The molecule has 6 rings (SSSR count). The lowest BCUT2D eigenvalue weighted by Crippen LogP contribution is -2.16. The molecular weight excluding hydrogens is 470 g/mol. The van der Waals surface area contributed by atoms with Crippen molar-refractivity contribution in [2.75, 3.05) is 19.0 Å². The van der Waals surface area contributed by atoms with E-state index in [1.165, 1.54) is 11.8 Å². The fraction of sp³-hybridized carbons (Fsp3) is 0.120. The number of thioether (sulfide) groups is 1. The second kappa shape index (κ2) is 8.92. The van der Waals surface area contributed by atoms with Gasteiger partial charge in [-0.2, -0.15) is 0 Å². The predicted octanol–water partition coefficient (Wildman–Crippen LogP) is 5.76. The number of carbonyl (C=O) groups is 1. The smallest absolute Gasteiger partial charge is 0.277 e. The fourth-order valence-electron chi connectivity index (χ4n) is 3.71. The summed E-state index contributed by atoms with van der Waals surface area (Å²) in [6.45, 7) is 0.985. The summed E-state index contributed by atoms with van der Waals surface area (Å²) in [6.07, 6.45) is 0. The molecule has 168 valence electrons. The standard InChI is InChI=1S/C25H17N3O4S2/c29-20(15-7-8-21-22(12-15)31-10-9-30-21)14-34-25-28-27-24(32-25)17-13-19(23-6-3-11-33-23)26-18-5-2-1-4-16(17)18/h1-8,11-13H,9-10,14H2. The molecule has 0 radical (unpaired) electrons. The number of pyridine rings is 1. The Hall–Kier alpha value is -3.69. The number of carbonyl (C=O) groups excluding carboxylic acids is 1. The fourth-order valence-corrected chi connectivity index (χ4v) is 5.05. The number of para-hydroxylation sites is 1. The first-order valence-corrected chi connectivity index (χ1v) is 12.4. The number of rotatable bonds is 6. The molecule has 34 heavy (non-hydrogen) atoms. The molecule has 0 amide bonds. The highest BCUT2D eigenvalue weighted by Gasteiger charge is 2.18. The third kappa shape index (κ3) is 4.04. The van der Waals surface area contributed by atoms with Crippen LogP contribution in [0.15, 0.2) is 75.7 Å². The molecule has 0 fully saturated rings. The summed E-state index contributed by atoms with van der Waals surface area (Å²) in [6, 6.07) is 19.1. The van der Waals surface area contributed by atoms with Gasteiger partial charge < -0.3 is 13.9 Å². The number of thiophene rings is 1. The zero-order valence-electron chi connectivity index (χ0n) is 17.8. The Kier molecular flexibility index (Phi) is 5.48. The maximum Gasteiger partial charge on any atom is 0.277 e. The monoisotopic (exact) mass is 487 g/mol. The van der Waals surface area contributed by atoms with Crippen LogP contribution in [0.4, 0.5) is 0 Å². The van der Waals surface area contributed by atoms with Crippen LogP contribution in [0.25, 0.3) is 32.9 Å². The third-order valence-electron chi connectivity index (χ3n) is 5.32. The molecule has 1 aliphatic rings. The molecule has 0 N–H and O–H groups in total. The Labute approximate surface area is 202 Å². The van der Waals surface area contributed by atoms with Gasteiger partial charge in [-0.1, -0.05) is 36.0 Å². The summed E-state index contributed by atoms with van der Waals surface area (Å²) >= 11 is 2.83. The van der Waals surface area contributed by atoms with E-state index in [1.54, 1.807) is 29.5 Å². The normalized spacial score (nSPS) is 12.7. The zero-order valence-corrected chi connectivity index (χ0v) is 19.4. The number of fused-ring (bicyclic) bond motifs is 2. The van der Waals surface area contributed by atoms with Gasteiger partial charge in [0, 0.05) is 10.9 Å². The number of ether oxygens (including phenoxy) is 2. The molecule has 0 unspecified atom stereocenters. The zero-order chi connectivity index (χ0) is 22.9. The van der Waals surface area contributed by atoms with E-state index in [0.717, 1.165) is 27.0 Å². The van der Waals surface area contributed by atoms with Crippen molar-refractivity contribution in [1.29, 1.82) is 0 Å². The van der Waals surface area contributed by atoms with Crippen LogP contribution in [0.3, 0.4) is 0 Å². The summed E-state index contributed by atoms with van der Waals surface area (Å²) in [5.41, 5.74) is 3.07. The molecule has 0 saturated heterocycles. The van der Waals surface area contributed by atoms with Crippen molar-refractivity contribution in [2.45, 2.75) is 5.22 Å². The van der Waals surface area contributed by atoms with Crippen LogP contribution < -0.4 is 9.47 Å². The Balaban J connectivity index is 1.24. The summed E-state index contributed by atoms with van der Waals surface area (Å²) in [4.78, 5) is 18.6. The lowest BCUT2D eigenvalue weighted by Gasteiger charge is -2.18. The van der Waals surface area contributed by atoms with Gasteiger partial charge in [-0.05, 0) is 41.8 Å². The molecule has 5 aromatic rings. The topological polar surface area (TPSA) is 87.3 Å². The van der Waals surface area contributed by atoms with Crippen molar-refractivity contribution < 1.29 is 18.7 Å². The van der Waals surface area contributed by atoms with E-state index in [4.69, 9.17) is 18.9 Å². The van der Waals surface area contributed by atoms with E-state index in [9.17, 15) is 4.79 Å². The van der Waals surface area contributed by atoms with Crippen LogP contribution in [0, 0.1) is 0 Å². The average molecular weight is 488 g/mol. The molecule has 7 nitrogen and oxygen atoms in total. The minimum atomic E-state index is -0.0592. The van der Waals surface area contributed by atoms with Crippen molar-refractivity contribution in [3.63, 3.8) is 0 Å². The van der Waals surface area contributed by atoms with Gasteiger partial charge in [0.05, 0.1) is 27.4 Å². The maximum atomic E-state index is 12.7. The Bertz CT molecular complexity index is 1500. The van der Waals surface area contributed by atoms with Crippen LogP contribution in [0.2, 0.25) is 0 Å². The summed E-state index contributed by atoms with van der Waals surface area (Å²) in [7, 11) is 0. The van der Waals surface area contributed by atoms with E-state index >= 15 is 0 Å². The molecule has 0 saturated carbocycles. The second-order valence-corrected chi connectivity index (χ2v) is 9.37. The first-order valence-electron chi connectivity index (χ1n) is 10.6. The first-order chi connectivity index (χ1) is 16.7. The molecule has 4 heterocycles. The Morgan fingerprint density at radius 1 is 0.971 bits per heavy atom. The molecular formula is C25H17N3O4S2. The molecule has 2 aromatic carbocycles. The van der Waals surface area contributed by atoms with Gasteiger partial charge >= 0.3 is 0 Å². The summed E-state index contributed by atoms with van der Waals surface area (Å²) in [5, 5.41) is 11.7. The van der Waals surface area contributed by atoms with E-state index in [-0.39, 0.29) is 11.5 Å². The number of benzene rings is 2. The van der Waals surface area contributed by atoms with Gasteiger partial charge in [0.25, 0.3) is 5.22 Å². The van der Waals surface area contributed by atoms with E-state index < -0.39 is 0 Å². The molecule has 0 atom stereocenters. The number of hydrogen-bond donors (Lipinski definition) is 0. The Morgan fingerprint density at radius 3 is 2.74 bits per heavy atom. The quantitative estimate of drug-likeness (QED) is 0.221. The van der Waals surface area contributed by atoms with Gasteiger partial charge in [-0.15, -0.1) is 21.5 Å². The average Bonchev–Trinajstić information content (AvgIpc) is 3.59. The van der Waals surface area contributed by atoms with Gasteiger partial charge in [0.15, 0.2) is 17.3 Å². The summed E-state index contributed by atoms with van der Waals surface area (Å²) in [5.74, 6) is 1.75. The van der Waals surface area contributed by atoms with Crippen LogP contribution in [0.1, 0.15) is 10.4 Å². The molecule has 0 bridgehead atoms. The first kappa shape index (κ1) is 20.9. The predicted molar refractivity (Wildman–Crippen MR) is 131 cm³/mol. The summed E-state index contributed by atoms with van der Waals surface area (Å²) < 4.78 is 17.0. The lowest BCUT2D eigenvalue weighted by molar-refractivity contribution is 0.102. The molecule has 9 heteroatoms. The third-order valence-corrected chi connectivity index (χ3v) is 7.03. The molecule has 1 aliphatic heterocycles. The number of nitrogens with zero attached hydrogens (tertiary/aromatic N) is 3. The van der Waals surface area contributed by atoms with Crippen LogP contribution >= 0.6 is 23.1 Å². The van der Waals surface area contributed by atoms with Crippen molar-refractivity contribution in [2.24, 2.45) is 0 Å². The van der Waals surface area contributed by atoms with Gasteiger partial charge in [0.1, 0.15) is 13.2 Å². The minimum absolute atomic E-state index is 0.0592. The number of hydrogen-bond acceptors (Lipinski definition) is 9. The van der Waals surface area contributed by atoms with Gasteiger partial charge in [-0.25, -0.2) is 4.98 Å². The highest BCUT2D eigenvalue weighted by molar-refractivity contribution is 7.99. The van der Waals surface area contributed by atoms with Crippen molar-refractivity contribution in [3.05, 3.63) is 71.6 Å². The van der Waals surface area contributed by atoms with Crippen LogP contribution in [-0.4, -0.2) is 39.9 Å². The highest BCUT2D eigenvalue weighted by Crippen LogP contribution is 2.35. The number of aromatic nitrogens is 3. The molecule has 0 spiro atoms. The number of Topliss-reactive ketones (excluding diaryl/α,β-unsaturated/α-hetero) is 1. The highest BCUT2D eigenvalue weighted by atomic mass is 32.2. The van der Waals surface area contributed by atoms with Crippen LogP contribution in [-0.2, 0) is 0 Å². The van der Waals surface area contributed by atoms with Crippen molar-refractivity contribution >= 4 is 39.8 Å². The van der Waals surface area contributed by atoms with E-state index in [1.807, 2.05) is 47.8 Å².